The number of hydrogen-bond acceptors (Lipinski definition) is 4. The number of anilines is 1. The number of alkyl halides is 1. The molecule has 7 heteroatoms. The highest BCUT2D eigenvalue weighted by molar-refractivity contribution is 6.29. The van der Waals surface area contributed by atoms with Gasteiger partial charge in [0.05, 0.1) is 17.3 Å². The third-order valence-corrected chi connectivity index (χ3v) is 3.34. The van der Waals surface area contributed by atoms with E-state index in [9.17, 15) is 4.79 Å². The van der Waals surface area contributed by atoms with Crippen molar-refractivity contribution in [3.8, 4) is 17.3 Å². The van der Waals surface area contributed by atoms with Crippen molar-refractivity contribution in [1.29, 1.82) is 5.26 Å². The van der Waals surface area contributed by atoms with Crippen LogP contribution in [-0.2, 0) is 4.79 Å². The Morgan fingerprint density at radius 1 is 1.32 bits per heavy atom. The van der Waals surface area contributed by atoms with Crippen molar-refractivity contribution in [3.05, 3.63) is 48.3 Å². The molecule has 0 saturated carbocycles. The van der Waals surface area contributed by atoms with E-state index in [0.717, 1.165) is 11.3 Å². The van der Waals surface area contributed by atoms with Crippen molar-refractivity contribution in [3.63, 3.8) is 0 Å². The standard InChI is InChI=1S/C15H10ClN5O/c16-7-15(22)20-12-5-13(21-14(6-12)18-9-19-21)11-3-1-10(8-17)2-4-11/h1-6,9H,7H2,(H,20,22). The van der Waals surface area contributed by atoms with Gasteiger partial charge >= 0.3 is 0 Å². The van der Waals surface area contributed by atoms with Gasteiger partial charge in [0.1, 0.15) is 12.2 Å². The fourth-order valence-corrected chi connectivity index (χ4v) is 2.18. The smallest absolute Gasteiger partial charge is 0.239 e. The van der Waals surface area contributed by atoms with Crippen LogP contribution in [0.2, 0.25) is 0 Å². The number of carbonyl (C=O) groups excluding carboxylic acids is 1. The number of nitrogens with zero attached hydrogens (tertiary/aromatic N) is 4. The zero-order valence-electron chi connectivity index (χ0n) is 11.3. The molecular formula is C15H10ClN5O. The summed E-state index contributed by atoms with van der Waals surface area (Å²) < 4.78 is 1.66. The number of nitriles is 1. The Morgan fingerprint density at radius 2 is 2.09 bits per heavy atom. The lowest BCUT2D eigenvalue weighted by Crippen LogP contribution is -2.13. The summed E-state index contributed by atoms with van der Waals surface area (Å²) in [4.78, 5) is 15.6. The van der Waals surface area contributed by atoms with Crippen LogP contribution in [0.25, 0.3) is 16.9 Å². The lowest BCUT2D eigenvalue weighted by atomic mass is 10.1. The molecule has 3 rings (SSSR count). The highest BCUT2D eigenvalue weighted by atomic mass is 35.5. The molecule has 6 nitrogen and oxygen atoms in total. The van der Waals surface area contributed by atoms with Gasteiger partial charge in [-0.1, -0.05) is 12.1 Å². The average molecular weight is 312 g/mol. The van der Waals surface area contributed by atoms with E-state index in [4.69, 9.17) is 16.9 Å². The summed E-state index contributed by atoms with van der Waals surface area (Å²) in [5.41, 5.74) is 3.38. The number of aromatic nitrogens is 3. The number of pyridine rings is 1. The first-order chi connectivity index (χ1) is 10.7. The molecule has 0 fully saturated rings. The molecule has 1 amide bonds. The number of halogens is 1. The predicted molar refractivity (Wildman–Crippen MR) is 82.5 cm³/mol. The van der Waals surface area contributed by atoms with Crippen molar-refractivity contribution in [2.75, 3.05) is 11.2 Å². The molecule has 22 heavy (non-hydrogen) atoms. The summed E-state index contributed by atoms with van der Waals surface area (Å²) >= 11 is 5.51. The minimum atomic E-state index is -0.295. The number of rotatable bonds is 3. The van der Waals surface area contributed by atoms with Crippen LogP contribution < -0.4 is 5.32 Å². The Hall–Kier alpha value is -2.91. The van der Waals surface area contributed by atoms with Crippen LogP contribution >= 0.6 is 11.6 Å². The average Bonchev–Trinajstić information content (AvgIpc) is 3.02. The highest BCUT2D eigenvalue weighted by Crippen LogP contribution is 2.24. The minimum Gasteiger partial charge on any atom is -0.325 e. The number of amides is 1. The van der Waals surface area contributed by atoms with Gasteiger partial charge in [-0.25, -0.2) is 9.50 Å². The second kappa shape index (κ2) is 5.84. The fraction of sp³-hybridized carbons (Fsp3) is 0.0667. The Bertz CT molecular complexity index is 879. The molecule has 0 radical (unpaired) electrons. The lowest BCUT2D eigenvalue weighted by molar-refractivity contribution is -0.113. The van der Waals surface area contributed by atoms with E-state index >= 15 is 0 Å². The monoisotopic (exact) mass is 311 g/mol. The molecule has 2 heterocycles. The van der Waals surface area contributed by atoms with E-state index in [1.54, 1.807) is 28.8 Å². The summed E-state index contributed by atoms with van der Waals surface area (Å²) in [5, 5.41) is 15.8. The number of hydrogen-bond donors (Lipinski definition) is 1. The molecule has 0 atom stereocenters. The summed E-state index contributed by atoms with van der Waals surface area (Å²) in [6.45, 7) is 0. The first-order valence-corrected chi connectivity index (χ1v) is 6.95. The summed E-state index contributed by atoms with van der Waals surface area (Å²) in [6, 6.07) is 12.7. The molecular weight excluding hydrogens is 302 g/mol. The molecule has 0 aliphatic rings. The van der Waals surface area contributed by atoms with Crippen LogP contribution in [0.3, 0.4) is 0 Å². The molecule has 0 bridgehead atoms. The molecule has 108 valence electrons. The largest absolute Gasteiger partial charge is 0.325 e. The van der Waals surface area contributed by atoms with Crippen LogP contribution in [0.15, 0.2) is 42.7 Å². The van der Waals surface area contributed by atoms with E-state index in [1.807, 2.05) is 12.1 Å². The van der Waals surface area contributed by atoms with E-state index in [1.165, 1.54) is 6.33 Å². The van der Waals surface area contributed by atoms with Gasteiger partial charge in [0, 0.05) is 17.3 Å². The van der Waals surface area contributed by atoms with Gasteiger partial charge in [-0.3, -0.25) is 4.79 Å². The first kappa shape index (κ1) is 14.0. The lowest BCUT2D eigenvalue weighted by Gasteiger charge is -2.09. The molecule has 0 aliphatic carbocycles. The SMILES string of the molecule is N#Cc1ccc(-c2cc(NC(=O)CCl)cc3ncnn23)cc1. The number of fused-ring (bicyclic) bond motifs is 1. The molecule has 0 unspecified atom stereocenters. The molecule has 0 saturated heterocycles. The Balaban J connectivity index is 2.12. The van der Waals surface area contributed by atoms with Gasteiger partial charge in [0.2, 0.25) is 5.91 Å². The van der Waals surface area contributed by atoms with Gasteiger partial charge in [-0.05, 0) is 18.2 Å². The highest BCUT2D eigenvalue weighted by Gasteiger charge is 2.10. The third-order valence-electron chi connectivity index (χ3n) is 3.09. The fourth-order valence-electron chi connectivity index (χ4n) is 2.11. The van der Waals surface area contributed by atoms with Crippen molar-refractivity contribution < 1.29 is 4.79 Å². The summed E-state index contributed by atoms with van der Waals surface area (Å²) in [6.07, 6.45) is 1.44. The van der Waals surface area contributed by atoms with Crippen LogP contribution in [-0.4, -0.2) is 26.4 Å². The molecule has 0 aliphatic heterocycles. The zero-order chi connectivity index (χ0) is 15.5. The molecule has 1 aromatic carbocycles. The summed E-state index contributed by atoms with van der Waals surface area (Å²) in [5.74, 6) is -0.416. The van der Waals surface area contributed by atoms with Crippen LogP contribution in [0.4, 0.5) is 5.69 Å². The third kappa shape index (κ3) is 2.62. The Morgan fingerprint density at radius 3 is 2.77 bits per heavy atom. The van der Waals surface area contributed by atoms with E-state index in [-0.39, 0.29) is 11.8 Å². The molecule has 3 aromatic rings. The first-order valence-electron chi connectivity index (χ1n) is 6.41. The van der Waals surface area contributed by atoms with E-state index < -0.39 is 0 Å². The molecule has 2 aromatic heterocycles. The number of carbonyl (C=O) groups is 1. The maximum absolute atomic E-state index is 11.5. The molecule has 0 spiro atoms. The van der Waals surface area contributed by atoms with Gasteiger partial charge in [-0.2, -0.15) is 10.4 Å². The van der Waals surface area contributed by atoms with Crippen molar-refractivity contribution >= 4 is 28.8 Å². The van der Waals surface area contributed by atoms with Crippen LogP contribution in [0.1, 0.15) is 5.56 Å². The van der Waals surface area contributed by atoms with Gasteiger partial charge < -0.3 is 5.32 Å². The topological polar surface area (TPSA) is 83.1 Å². The second-order valence-corrected chi connectivity index (χ2v) is 4.80. The van der Waals surface area contributed by atoms with Crippen molar-refractivity contribution in [2.24, 2.45) is 0 Å². The normalized spacial score (nSPS) is 10.4. The van der Waals surface area contributed by atoms with Gasteiger partial charge in [-0.15, -0.1) is 11.6 Å². The zero-order valence-corrected chi connectivity index (χ0v) is 12.1. The maximum Gasteiger partial charge on any atom is 0.239 e. The van der Waals surface area contributed by atoms with E-state index in [0.29, 0.717) is 16.9 Å². The number of benzene rings is 1. The Kier molecular flexibility index (Phi) is 3.73. The van der Waals surface area contributed by atoms with Crippen molar-refractivity contribution in [1.82, 2.24) is 14.6 Å². The van der Waals surface area contributed by atoms with Gasteiger partial charge in [0.25, 0.3) is 0 Å². The maximum atomic E-state index is 11.5. The van der Waals surface area contributed by atoms with E-state index in [2.05, 4.69) is 21.5 Å². The van der Waals surface area contributed by atoms with Gasteiger partial charge in [0.15, 0.2) is 5.65 Å². The predicted octanol–water partition coefficient (Wildman–Crippen LogP) is 2.45. The van der Waals surface area contributed by atoms with Crippen LogP contribution in [0, 0.1) is 11.3 Å². The Labute approximate surface area is 131 Å². The van der Waals surface area contributed by atoms with Crippen LogP contribution in [0.5, 0.6) is 0 Å². The minimum absolute atomic E-state index is 0.121. The summed E-state index contributed by atoms with van der Waals surface area (Å²) in [7, 11) is 0. The van der Waals surface area contributed by atoms with Crippen molar-refractivity contribution in [2.45, 2.75) is 0 Å². The second-order valence-electron chi connectivity index (χ2n) is 4.53. The number of nitrogens with one attached hydrogen (secondary N) is 1. The molecule has 1 N–H and O–H groups in total. The quantitative estimate of drug-likeness (QED) is 0.753.